The molecule has 0 aromatic carbocycles. The van der Waals surface area contributed by atoms with Crippen LogP contribution in [0.4, 0.5) is 0 Å². The molecule has 0 aliphatic rings. The molecule has 0 fully saturated rings. The summed E-state index contributed by atoms with van der Waals surface area (Å²) in [5, 5.41) is 9.80. The summed E-state index contributed by atoms with van der Waals surface area (Å²) in [6.07, 6.45) is 8.13. The zero-order valence-electron chi connectivity index (χ0n) is 22.0. The molecule has 0 aromatic heterocycles. The Hall–Kier alpha value is -1.29. The molecule has 0 aliphatic carbocycles. The summed E-state index contributed by atoms with van der Waals surface area (Å²) < 4.78 is 32.0. The van der Waals surface area contributed by atoms with Crippen LogP contribution < -0.4 is 0 Å². The van der Waals surface area contributed by atoms with E-state index in [4.69, 9.17) is 18.5 Å². The Morgan fingerprint density at radius 3 is 1.94 bits per heavy atom. The Bertz CT molecular complexity index is 664. The zero-order chi connectivity index (χ0) is 26.7. The van der Waals surface area contributed by atoms with Gasteiger partial charge in [0.15, 0.2) is 0 Å². The number of phosphoric acid groups is 1. The molecule has 10 nitrogen and oxygen atoms in total. The third-order valence-corrected chi connectivity index (χ3v) is 5.97. The SMILES string of the molecule is C=C(C)C(=O)OCCCCCCCCCCCC(=O)OC[C@@H](O)COP(=O)(O)OCC[N+](C)(C)C. The van der Waals surface area contributed by atoms with E-state index in [1.807, 2.05) is 21.1 Å². The van der Waals surface area contributed by atoms with Crippen LogP contribution in [0.2, 0.25) is 0 Å². The summed E-state index contributed by atoms with van der Waals surface area (Å²) >= 11 is 0. The van der Waals surface area contributed by atoms with E-state index in [0.29, 0.717) is 29.6 Å². The number of esters is 2. The minimum absolute atomic E-state index is 0.0388. The highest BCUT2D eigenvalue weighted by molar-refractivity contribution is 7.47. The Balaban J connectivity index is 3.60. The Morgan fingerprint density at radius 2 is 1.40 bits per heavy atom. The van der Waals surface area contributed by atoms with Gasteiger partial charge in [0, 0.05) is 12.0 Å². The molecule has 0 rings (SSSR count). The molecule has 2 atom stereocenters. The van der Waals surface area contributed by atoms with Gasteiger partial charge in [-0.05, 0) is 19.8 Å². The highest BCUT2D eigenvalue weighted by Crippen LogP contribution is 2.43. The molecule has 0 aliphatic heterocycles. The number of aliphatic hydroxyl groups is 1. The van der Waals surface area contributed by atoms with Gasteiger partial charge in [-0.15, -0.1) is 0 Å². The van der Waals surface area contributed by atoms with Crippen molar-refractivity contribution in [2.75, 3.05) is 54.1 Å². The highest BCUT2D eigenvalue weighted by atomic mass is 31.2. The Kier molecular flexibility index (Phi) is 18.2. The maximum absolute atomic E-state index is 11.8. The lowest BCUT2D eigenvalue weighted by atomic mass is 10.1. The lowest BCUT2D eigenvalue weighted by molar-refractivity contribution is -0.870. The molecule has 2 N–H and O–H groups in total. The fraction of sp³-hybridized carbons (Fsp3) is 0.833. The predicted octanol–water partition coefficient (Wildman–Crippen LogP) is 3.75. The van der Waals surface area contributed by atoms with Gasteiger partial charge in [-0.3, -0.25) is 13.8 Å². The first-order chi connectivity index (χ1) is 16.3. The van der Waals surface area contributed by atoms with Crippen LogP contribution in [0.15, 0.2) is 12.2 Å². The average molecular weight is 525 g/mol. The number of hydrogen-bond donors (Lipinski definition) is 2. The van der Waals surface area contributed by atoms with E-state index < -0.39 is 26.5 Å². The molecule has 0 saturated heterocycles. The lowest BCUT2D eigenvalue weighted by Gasteiger charge is -2.24. The van der Waals surface area contributed by atoms with Crippen LogP contribution in [0.25, 0.3) is 0 Å². The maximum atomic E-state index is 11.8. The summed E-state index contributed by atoms with van der Waals surface area (Å²) in [6.45, 7) is 5.41. The second-order valence-electron chi connectivity index (χ2n) is 9.80. The summed E-state index contributed by atoms with van der Waals surface area (Å²) in [7, 11) is 1.50. The van der Waals surface area contributed by atoms with E-state index in [1.165, 1.54) is 0 Å². The van der Waals surface area contributed by atoms with Crippen LogP contribution in [-0.4, -0.2) is 86.6 Å². The van der Waals surface area contributed by atoms with Gasteiger partial charge in [-0.2, -0.15) is 0 Å². The number of unbranched alkanes of at least 4 members (excludes halogenated alkanes) is 8. The van der Waals surface area contributed by atoms with Gasteiger partial charge < -0.3 is 24.0 Å². The normalized spacial score (nSPS) is 14.2. The van der Waals surface area contributed by atoms with Crippen molar-refractivity contribution in [2.24, 2.45) is 0 Å². The van der Waals surface area contributed by atoms with Crippen molar-refractivity contribution in [3.63, 3.8) is 0 Å². The fourth-order valence-corrected chi connectivity index (χ4v) is 3.60. The molecule has 0 saturated carbocycles. The van der Waals surface area contributed by atoms with E-state index in [9.17, 15) is 24.2 Å². The van der Waals surface area contributed by atoms with Crippen molar-refractivity contribution in [2.45, 2.75) is 77.2 Å². The smallest absolute Gasteiger partial charge is 0.463 e. The standard InChI is InChI=1S/C24H46NO9P/c1-21(2)24(28)31-17-14-12-10-8-6-7-9-11-13-15-23(27)32-19-22(26)20-34-35(29,30)33-18-16-25(3,4)5/h22,26H,1,6-20H2,2-5H3/p+1/t22-/m1/s1. The van der Waals surface area contributed by atoms with Gasteiger partial charge in [0.1, 0.15) is 25.9 Å². The first-order valence-electron chi connectivity index (χ1n) is 12.4. The van der Waals surface area contributed by atoms with Crippen molar-refractivity contribution in [1.82, 2.24) is 0 Å². The minimum Gasteiger partial charge on any atom is -0.463 e. The fourth-order valence-electron chi connectivity index (χ4n) is 2.85. The molecule has 0 bridgehead atoms. The van der Waals surface area contributed by atoms with Crippen LogP contribution in [0.3, 0.4) is 0 Å². The number of carbonyl (C=O) groups excluding carboxylic acids is 2. The van der Waals surface area contributed by atoms with Crippen molar-refractivity contribution in [3.8, 4) is 0 Å². The third-order valence-electron chi connectivity index (χ3n) is 4.99. The molecule has 0 spiro atoms. The molecule has 0 radical (unpaired) electrons. The number of quaternary nitrogens is 1. The van der Waals surface area contributed by atoms with Gasteiger partial charge in [-0.1, -0.05) is 51.5 Å². The van der Waals surface area contributed by atoms with E-state index in [1.54, 1.807) is 6.92 Å². The topological polar surface area (TPSA) is 129 Å². The van der Waals surface area contributed by atoms with Gasteiger partial charge in [0.2, 0.25) is 0 Å². The quantitative estimate of drug-likeness (QED) is 0.0715. The van der Waals surface area contributed by atoms with Gasteiger partial charge in [0.05, 0.1) is 34.4 Å². The predicted molar refractivity (Wildman–Crippen MR) is 134 cm³/mol. The zero-order valence-corrected chi connectivity index (χ0v) is 22.9. The van der Waals surface area contributed by atoms with Crippen molar-refractivity contribution in [3.05, 3.63) is 12.2 Å². The van der Waals surface area contributed by atoms with Crippen molar-refractivity contribution >= 4 is 19.8 Å². The van der Waals surface area contributed by atoms with Gasteiger partial charge in [-0.25, -0.2) is 9.36 Å². The molecule has 0 amide bonds. The second-order valence-corrected chi connectivity index (χ2v) is 11.3. The first-order valence-corrected chi connectivity index (χ1v) is 13.9. The number of rotatable bonds is 22. The lowest BCUT2D eigenvalue weighted by Crippen LogP contribution is -2.37. The second kappa shape index (κ2) is 18.9. The van der Waals surface area contributed by atoms with Crippen LogP contribution in [-0.2, 0) is 32.7 Å². The Labute approximate surface area is 210 Å². The number of hydrogen-bond acceptors (Lipinski definition) is 8. The van der Waals surface area contributed by atoms with E-state index >= 15 is 0 Å². The van der Waals surface area contributed by atoms with Crippen LogP contribution in [0.5, 0.6) is 0 Å². The molecule has 1 unspecified atom stereocenters. The number of phosphoric ester groups is 1. The summed E-state index contributed by atoms with van der Waals surface area (Å²) in [6, 6.07) is 0. The van der Waals surface area contributed by atoms with Crippen LogP contribution in [0.1, 0.15) is 71.1 Å². The minimum atomic E-state index is -4.26. The summed E-state index contributed by atoms with van der Waals surface area (Å²) in [5.41, 5.74) is 0.425. The monoisotopic (exact) mass is 524 g/mol. The summed E-state index contributed by atoms with van der Waals surface area (Å²) in [4.78, 5) is 32.6. The number of nitrogens with zero attached hydrogens (tertiary/aromatic N) is 1. The molecular formula is C24H47NO9P+. The third kappa shape index (κ3) is 22.9. The van der Waals surface area contributed by atoms with E-state index in [2.05, 4.69) is 6.58 Å². The number of aliphatic hydroxyl groups excluding tert-OH is 1. The average Bonchev–Trinajstić information content (AvgIpc) is 2.75. The van der Waals surface area contributed by atoms with Crippen molar-refractivity contribution < 1.29 is 47.2 Å². The molecule has 206 valence electrons. The highest BCUT2D eigenvalue weighted by Gasteiger charge is 2.24. The number of likely N-dealkylation sites (N-methyl/N-ethyl adjacent to an activating group) is 1. The number of carbonyl (C=O) groups is 2. The van der Waals surface area contributed by atoms with Crippen LogP contribution in [0, 0.1) is 0 Å². The molecule has 35 heavy (non-hydrogen) atoms. The molecule has 0 heterocycles. The van der Waals surface area contributed by atoms with Crippen LogP contribution >= 0.6 is 7.82 Å². The molecular weight excluding hydrogens is 477 g/mol. The molecule has 0 aromatic rings. The van der Waals surface area contributed by atoms with Gasteiger partial charge >= 0.3 is 19.8 Å². The Morgan fingerprint density at radius 1 is 0.857 bits per heavy atom. The van der Waals surface area contributed by atoms with E-state index in [0.717, 1.165) is 51.4 Å². The summed E-state index contributed by atoms with van der Waals surface area (Å²) in [5.74, 6) is -0.743. The van der Waals surface area contributed by atoms with Crippen molar-refractivity contribution in [1.29, 1.82) is 0 Å². The largest absolute Gasteiger partial charge is 0.472 e. The number of ether oxygens (including phenoxy) is 2. The molecule has 11 heteroatoms. The van der Waals surface area contributed by atoms with E-state index in [-0.39, 0.29) is 25.6 Å². The maximum Gasteiger partial charge on any atom is 0.472 e. The van der Waals surface area contributed by atoms with Gasteiger partial charge in [0.25, 0.3) is 0 Å². The first kappa shape index (κ1) is 33.7.